The third-order valence-corrected chi connectivity index (χ3v) is 12.9. The molecule has 0 aromatic heterocycles. The summed E-state index contributed by atoms with van der Waals surface area (Å²) in [5, 5.41) is 9.62. The first kappa shape index (κ1) is 47.6. The van der Waals surface area contributed by atoms with Crippen molar-refractivity contribution in [2.45, 2.75) is 49.1 Å². The molecule has 4 aromatic rings. The Kier molecular flexibility index (Phi) is 13.5. The highest BCUT2D eigenvalue weighted by molar-refractivity contribution is 6.09. The maximum atomic E-state index is 14.1. The monoisotopic (exact) mass is 940 g/mol. The van der Waals surface area contributed by atoms with Gasteiger partial charge in [-0.2, -0.15) is 36.5 Å². The molecule has 0 aliphatic carbocycles. The van der Waals surface area contributed by atoms with E-state index in [4.69, 9.17) is 14.2 Å². The van der Waals surface area contributed by atoms with Gasteiger partial charge < -0.3 is 19.1 Å². The number of alkyl halides is 6. The Balaban J connectivity index is 0.000000182. The summed E-state index contributed by atoms with van der Waals surface area (Å²) < 4.78 is 128. The smallest absolute Gasteiger partial charge is 0.473 e. The van der Waals surface area contributed by atoms with Crippen LogP contribution in [-0.4, -0.2) is 122 Å². The van der Waals surface area contributed by atoms with E-state index in [1.807, 2.05) is 19.0 Å². The predicted octanol–water partition coefficient (Wildman–Crippen LogP) is 8.13. The Labute approximate surface area is 381 Å². The summed E-state index contributed by atoms with van der Waals surface area (Å²) in [5.74, 6) is -5.94. The maximum Gasteiger partial charge on any atom is 0.473 e. The number of hydrogen-bond donors (Lipinski definition) is 0. The topological polar surface area (TPSA) is 99.5 Å². The Hall–Kier alpha value is -5.92. The van der Waals surface area contributed by atoms with Gasteiger partial charge in [-0.1, -0.05) is 60.7 Å². The van der Waals surface area contributed by atoms with Crippen molar-refractivity contribution in [3.63, 3.8) is 0 Å². The molecule has 5 aliphatic rings. The Morgan fingerprint density at radius 1 is 0.657 bits per heavy atom. The number of halogens is 8. The molecule has 0 radical (unpaired) electrons. The fourth-order valence-electron chi connectivity index (χ4n) is 9.90. The third kappa shape index (κ3) is 9.24. The number of carbonyl (C=O) groups is 2. The molecule has 5 heterocycles. The summed E-state index contributed by atoms with van der Waals surface area (Å²) in [6, 6.07) is 24.9. The molecular weight excluding hydrogens is 893 g/mol. The second-order valence-corrected chi connectivity index (χ2v) is 17.3. The number of amides is 2. The molecule has 356 valence electrons. The van der Waals surface area contributed by atoms with Gasteiger partial charge in [0.1, 0.15) is 34.2 Å². The van der Waals surface area contributed by atoms with E-state index in [1.165, 1.54) is 36.4 Å². The number of ether oxygens (including phenoxy) is 3. The zero-order chi connectivity index (χ0) is 47.7. The first-order valence-electron chi connectivity index (χ1n) is 21.9. The van der Waals surface area contributed by atoms with Gasteiger partial charge in [0, 0.05) is 24.2 Å². The molecule has 0 saturated carbocycles. The van der Waals surface area contributed by atoms with Gasteiger partial charge in [0.2, 0.25) is 0 Å². The summed E-state index contributed by atoms with van der Waals surface area (Å²) in [4.78, 5) is 29.6. The number of nitrogens with zero attached hydrogens (tertiary/aromatic N) is 6. The van der Waals surface area contributed by atoms with Crippen molar-refractivity contribution < 1.29 is 58.9 Å². The van der Waals surface area contributed by atoms with Crippen molar-refractivity contribution in [1.29, 1.82) is 0 Å². The highest BCUT2D eigenvalue weighted by Gasteiger charge is 2.62. The summed E-state index contributed by atoms with van der Waals surface area (Å²) in [7, 11) is 3.74. The molecule has 4 atom stereocenters. The highest BCUT2D eigenvalue weighted by atomic mass is 19.4. The van der Waals surface area contributed by atoms with Gasteiger partial charge in [0.05, 0.1) is 49.7 Å². The van der Waals surface area contributed by atoms with Crippen LogP contribution in [0.25, 0.3) is 0 Å². The van der Waals surface area contributed by atoms with Gasteiger partial charge in [-0.15, -0.1) is 0 Å². The fraction of sp³-hybridized carbons (Fsp3) is 0.417. The SMILES string of the molecule is CN(C)CCCC1(c2ccccc2)C2COc3ccc(F)cc3C2=NN1C(=O)C(F)(F)F.O=C(N1N=C2c3cc(F)ccc3OCC2C1(CCCN1CCOCC1)c1ccccc1)C(F)(F)F. The molecule has 0 spiro atoms. The van der Waals surface area contributed by atoms with E-state index < -0.39 is 58.7 Å². The average Bonchev–Trinajstić information content (AvgIpc) is 3.83. The van der Waals surface area contributed by atoms with E-state index in [0.717, 1.165) is 13.1 Å². The first-order valence-corrected chi connectivity index (χ1v) is 21.9. The lowest BCUT2D eigenvalue weighted by Crippen LogP contribution is -2.54. The number of carbonyl (C=O) groups excluding carboxylic acids is 2. The number of rotatable bonds is 10. The molecule has 1 saturated heterocycles. The second kappa shape index (κ2) is 19.0. The molecule has 9 rings (SSSR count). The Bertz CT molecular complexity index is 2500. The Morgan fingerprint density at radius 2 is 1.09 bits per heavy atom. The molecule has 2 amide bonds. The molecule has 4 unspecified atom stereocenters. The molecule has 0 N–H and O–H groups in total. The van der Waals surface area contributed by atoms with Crippen LogP contribution in [0.15, 0.2) is 107 Å². The minimum absolute atomic E-state index is 0.0194. The number of fused-ring (bicyclic) bond motifs is 6. The van der Waals surface area contributed by atoms with Crippen LogP contribution in [0.1, 0.15) is 47.9 Å². The summed E-state index contributed by atoms with van der Waals surface area (Å²) >= 11 is 0. The number of benzene rings is 4. The van der Waals surface area contributed by atoms with Crippen LogP contribution in [0.3, 0.4) is 0 Å². The van der Waals surface area contributed by atoms with Gasteiger partial charge in [-0.25, -0.2) is 18.8 Å². The van der Waals surface area contributed by atoms with E-state index in [9.17, 15) is 44.7 Å². The highest BCUT2D eigenvalue weighted by Crippen LogP contribution is 2.53. The average molecular weight is 941 g/mol. The van der Waals surface area contributed by atoms with Crippen LogP contribution in [0, 0.1) is 23.5 Å². The van der Waals surface area contributed by atoms with Crippen LogP contribution in [0.4, 0.5) is 35.1 Å². The van der Waals surface area contributed by atoms with Crippen molar-refractivity contribution in [3.8, 4) is 11.5 Å². The minimum atomic E-state index is -5.13. The summed E-state index contributed by atoms with van der Waals surface area (Å²) in [5.41, 5.74) is -0.771. The van der Waals surface area contributed by atoms with E-state index >= 15 is 0 Å². The van der Waals surface area contributed by atoms with Crippen LogP contribution >= 0.6 is 0 Å². The number of hydrazone groups is 2. The van der Waals surface area contributed by atoms with Crippen molar-refractivity contribution >= 4 is 23.2 Å². The van der Waals surface area contributed by atoms with Crippen LogP contribution < -0.4 is 9.47 Å². The van der Waals surface area contributed by atoms with E-state index in [-0.39, 0.29) is 48.6 Å². The minimum Gasteiger partial charge on any atom is -0.492 e. The first-order chi connectivity index (χ1) is 31.9. The van der Waals surface area contributed by atoms with Crippen LogP contribution in [-0.2, 0) is 25.4 Å². The zero-order valence-corrected chi connectivity index (χ0v) is 36.6. The molecule has 19 heteroatoms. The quantitative estimate of drug-likeness (QED) is 0.148. The molecule has 4 aromatic carbocycles. The number of hydrogen-bond acceptors (Lipinski definition) is 9. The normalized spacial score (nSPS) is 23.4. The van der Waals surface area contributed by atoms with Crippen LogP contribution in [0.5, 0.6) is 11.5 Å². The van der Waals surface area contributed by atoms with E-state index in [0.29, 0.717) is 71.8 Å². The summed E-state index contributed by atoms with van der Waals surface area (Å²) in [6.45, 7) is 3.98. The van der Waals surface area contributed by atoms with Gasteiger partial charge in [-0.05, 0) is 100 Å². The largest absolute Gasteiger partial charge is 0.492 e. The fourth-order valence-corrected chi connectivity index (χ4v) is 9.90. The lowest BCUT2D eigenvalue weighted by molar-refractivity contribution is -0.193. The zero-order valence-electron chi connectivity index (χ0n) is 36.6. The van der Waals surface area contributed by atoms with Crippen molar-refractivity contribution in [2.75, 3.05) is 66.7 Å². The van der Waals surface area contributed by atoms with Crippen molar-refractivity contribution in [2.24, 2.45) is 22.0 Å². The lowest BCUT2D eigenvalue weighted by atomic mass is 9.71. The Morgan fingerprint density at radius 3 is 1.51 bits per heavy atom. The maximum absolute atomic E-state index is 14.1. The van der Waals surface area contributed by atoms with Gasteiger partial charge in [-0.3, -0.25) is 14.5 Å². The van der Waals surface area contributed by atoms with E-state index in [2.05, 4.69) is 15.1 Å². The molecular formula is C48H48F8N6O5. The molecule has 1 fully saturated rings. The molecule has 11 nitrogen and oxygen atoms in total. The summed E-state index contributed by atoms with van der Waals surface area (Å²) in [6.07, 6.45) is -8.77. The van der Waals surface area contributed by atoms with Crippen molar-refractivity contribution in [1.82, 2.24) is 19.8 Å². The van der Waals surface area contributed by atoms with Crippen LogP contribution in [0.2, 0.25) is 0 Å². The second-order valence-electron chi connectivity index (χ2n) is 17.3. The number of morpholine rings is 1. The van der Waals surface area contributed by atoms with Gasteiger partial charge in [0.15, 0.2) is 0 Å². The van der Waals surface area contributed by atoms with Gasteiger partial charge in [0.25, 0.3) is 0 Å². The van der Waals surface area contributed by atoms with Crippen molar-refractivity contribution in [3.05, 3.63) is 131 Å². The van der Waals surface area contributed by atoms with Gasteiger partial charge >= 0.3 is 24.2 Å². The molecule has 67 heavy (non-hydrogen) atoms. The lowest BCUT2D eigenvalue weighted by Gasteiger charge is -2.43. The molecule has 0 bridgehead atoms. The predicted molar refractivity (Wildman–Crippen MR) is 230 cm³/mol. The standard InChI is InChI=1S/C25H25F4N3O3.C23H23F4N3O2/c26-18-7-8-21-19(15-18)22-20(16-35-21)24(17-5-2-1-3-6-17,32(30-22)23(33)25(27,28)29)9-4-10-31-11-13-34-14-12-31;1-29(2)12-6-11-22(15-7-4-3-5-8-15)18-14-32-19-10-9-16(24)13-17(19)20(18)28-30(22)21(31)23(25,26)27/h1-3,5-8,15,20H,4,9-14,16H2;3-5,7-10,13,18H,6,11-12,14H2,1-2H3. The van der Waals surface area contributed by atoms with E-state index in [1.54, 1.807) is 60.7 Å². The molecule has 5 aliphatic heterocycles. The third-order valence-electron chi connectivity index (χ3n) is 12.9.